The van der Waals surface area contributed by atoms with Crippen molar-refractivity contribution in [3.05, 3.63) is 212 Å². The van der Waals surface area contributed by atoms with Gasteiger partial charge in [0.15, 0.2) is 34.9 Å². The summed E-state index contributed by atoms with van der Waals surface area (Å²) in [6, 6.07) is 44.5. The molecule has 0 aliphatic rings. The van der Waals surface area contributed by atoms with Crippen LogP contribution in [0.15, 0.2) is 183 Å². The molecule has 0 aliphatic carbocycles. The molecule has 10 heterocycles. The summed E-state index contributed by atoms with van der Waals surface area (Å²) in [4.78, 5) is 21.3. The van der Waals surface area contributed by atoms with Gasteiger partial charge >= 0.3 is 0 Å². The van der Waals surface area contributed by atoms with Gasteiger partial charge in [0.25, 0.3) is 0 Å². The first-order valence-corrected chi connectivity index (χ1v) is 29.5. The van der Waals surface area contributed by atoms with Gasteiger partial charge in [-0.3, -0.25) is 45.9 Å². The van der Waals surface area contributed by atoms with Crippen LogP contribution in [0.2, 0.25) is 0 Å². The summed E-state index contributed by atoms with van der Waals surface area (Å²) in [5.74, 6) is 1.87. The highest BCUT2D eigenvalue weighted by Crippen LogP contribution is 2.36. The second-order valence-electron chi connectivity index (χ2n) is 22.0. The van der Waals surface area contributed by atoms with Crippen molar-refractivity contribution in [3.63, 3.8) is 0 Å². The lowest BCUT2D eigenvalue weighted by atomic mass is 10.0. The first kappa shape index (κ1) is 59.5. The van der Waals surface area contributed by atoms with E-state index in [9.17, 15) is 17.6 Å². The Balaban J connectivity index is 0.000000109. The van der Waals surface area contributed by atoms with E-state index < -0.39 is 23.3 Å². The molecule has 17 rings (SSSR count). The van der Waals surface area contributed by atoms with Crippen molar-refractivity contribution < 1.29 is 17.6 Å². The van der Waals surface area contributed by atoms with Crippen LogP contribution in [-0.4, -0.2) is 124 Å². The molecule has 0 fully saturated rings. The molecule has 0 bridgehead atoms. The molecule has 24 nitrogen and oxygen atoms in total. The molecular formula is C67H52F4N24. The fraction of sp³-hybridized carbons (Fsp3) is 0.0746. The van der Waals surface area contributed by atoms with Crippen molar-refractivity contribution in [1.82, 2.24) is 117 Å². The van der Waals surface area contributed by atoms with Gasteiger partial charge in [-0.05, 0) is 133 Å². The summed E-state index contributed by atoms with van der Waals surface area (Å²) < 4.78 is 53.6. The van der Waals surface area contributed by atoms with Crippen molar-refractivity contribution in [1.29, 1.82) is 0 Å². The first-order valence-electron chi connectivity index (χ1n) is 29.5. The zero-order valence-corrected chi connectivity index (χ0v) is 50.4. The average molecular weight is 1270 g/mol. The van der Waals surface area contributed by atoms with Crippen molar-refractivity contribution in [3.8, 4) is 102 Å². The number of H-pyrrole nitrogens is 9. The number of benzene rings is 7. The van der Waals surface area contributed by atoms with Crippen LogP contribution >= 0.6 is 0 Å². The largest absolute Gasteiger partial charge is 0.373 e. The molecule has 95 heavy (non-hydrogen) atoms. The van der Waals surface area contributed by atoms with E-state index >= 15 is 0 Å². The molecule has 0 unspecified atom stereocenters. The summed E-state index contributed by atoms with van der Waals surface area (Å²) in [6.45, 7) is 4.33. The second-order valence-corrected chi connectivity index (χ2v) is 22.0. The van der Waals surface area contributed by atoms with Crippen LogP contribution in [0, 0.1) is 29.2 Å². The molecule has 10 N–H and O–H groups in total. The fourth-order valence-electron chi connectivity index (χ4n) is 10.7. The lowest BCUT2D eigenvalue weighted by Gasteiger charge is -2.03. The van der Waals surface area contributed by atoms with Gasteiger partial charge < -0.3 is 5.32 Å². The van der Waals surface area contributed by atoms with Gasteiger partial charge in [0.05, 0.1) is 33.5 Å². The standard InChI is InChI=1S/C19H21N7.C18H13N7.2C15H9F2N5/c1-11(2)8-17-22-19(26-24-17)13-4-5-15-14(9-13)18(25-23-15)12-6-7-21-16(10-12)20-3;1-2-11(15-6-7-20-22-15)8-12(3-1)17-14-9-13(18-19-10-21-25-18)4-5-16(14)23-24-17;16-9-2-3-10(12(17)6-9)14-11-5-8(15-18-7-19-22-15)1-4-13(11)20-21-14;16-11-3-1-8(6-12(11)17)14-10-5-9(15-18-7-19-22-15)2-4-13(10)20-21-14/h4-7,9-11H,8H2,1-3H3,(H,20,21)(H,23,25)(H,22,24,26);1-10H,(H,20,22)(H,23,24)(H,19,21,25);2*1-7H,(H,20,21)(H,18,19,22). The lowest BCUT2D eigenvalue weighted by molar-refractivity contribution is 0.509. The molecule has 10 aromatic heterocycles. The molecule has 0 aliphatic heterocycles. The van der Waals surface area contributed by atoms with E-state index in [-0.39, 0.29) is 5.56 Å². The molecule has 468 valence electrons. The highest BCUT2D eigenvalue weighted by atomic mass is 19.2. The zero-order chi connectivity index (χ0) is 64.9. The monoisotopic (exact) mass is 1270 g/mol. The van der Waals surface area contributed by atoms with E-state index in [2.05, 4.69) is 160 Å². The van der Waals surface area contributed by atoms with Crippen LogP contribution in [0.25, 0.3) is 145 Å². The Morgan fingerprint density at radius 3 is 1.42 bits per heavy atom. The van der Waals surface area contributed by atoms with E-state index in [1.807, 2.05) is 98.0 Å². The predicted molar refractivity (Wildman–Crippen MR) is 351 cm³/mol. The number of nitrogens with one attached hydrogen (secondary N) is 10. The Hall–Kier alpha value is -13.1. The number of nitrogens with zero attached hydrogens (tertiary/aromatic N) is 14. The Labute approximate surface area is 534 Å². The molecule has 17 aromatic rings. The third-order valence-electron chi connectivity index (χ3n) is 15.3. The Morgan fingerprint density at radius 1 is 0.389 bits per heavy atom. The van der Waals surface area contributed by atoms with Crippen molar-refractivity contribution in [2.75, 3.05) is 12.4 Å². The van der Waals surface area contributed by atoms with E-state index in [0.717, 1.165) is 142 Å². The minimum absolute atomic E-state index is 0.238. The minimum atomic E-state index is -0.903. The van der Waals surface area contributed by atoms with Crippen molar-refractivity contribution in [2.45, 2.75) is 20.3 Å². The number of fused-ring (bicyclic) bond motifs is 4. The summed E-state index contributed by atoms with van der Waals surface area (Å²) in [6.07, 6.45) is 8.74. The third kappa shape index (κ3) is 12.6. The molecule has 0 saturated heterocycles. The number of halogens is 4. The van der Waals surface area contributed by atoms with E-state index in [4.69, 9.17) is 0 Å². The van der Waals surface area contributed by atoms with E-state index in [1.54, 1.807) is 12.4 Å². The zero-order valence-electron chi connectivity index (χ0n) is 50.4. The fourth-order valence-corrected chi connectivity index (χ4v) is 10.7. The number of anilines is 1. The summed E-state index contributed by atoms with van der Waals surface area (Å²) in [5.41, 5.74) is 14.7. The number of rotatable bonds is 12. The van der Waals surface area contributed by atoms with Gasteiger partial charge in [-0.2, -0.15) is 45.9 Å². The van der Waals surface area contributed by atoms with Gasteiger partial charge in [0, 0.05) is 104 Å². The van der Waals surface area contributed by atoms with Crippen LogP contribution in [0.1, 0.15) is 19.7 Å². The number of hydrogen-bond donors (Lipinski definition) is 10. The van der Waals surface area contributed by atoms with Crippen LogP contribution < -0.4 is 5.32 Å². The maximum absolute atomic E-state index is 14.0. The highest BCUT2D eigenvalue weighted by molar-refractivity contribution is 5.98. The highest BCUT2D eigenvalue weighted by Gasteiger charge is 2.19. The van der Waals surface area contributed by atoms with Crippen LogP contribution in [0.3, 0.4) is 0 Å². The van der Waals surface area contributed by atoms with E-state index in [1.165, 1.54) is 37.2 Å². The van der Waals surface area contributed by atoms with E-state index in [0.29, 0.717) is 40.3 Å². The Morgan fingerprint density at radius 2 is 0.905 bits per heavy atom. The predicted octanol–water partition coefficient (Wildman–Crippen LogP) is 13.6. The molecule has 0 spiro atoms. The summed E-state index contributed by atoms with van der Waals surface area (Å²) in [5, 5.41) is 70.3. The number of aromatic amines is 9. The Bertz CT molecular complexity index is 5450. The topological polar surface area (TPSA) is 335 Å². The van der Waals surface area contributed by atoms with Crippen molar-refractivity contribution in [2.24, 2.45) is 5.92 Å². The SMILES string of the molecule is CNc1cc(-c2n[nH]c3ccc(-c4n[nH]c(CC(C)C)n4)cc23)ccn1.Fc1ccc(-c2n[nH]c3ccc(-c4ncn[nH]4)cc23)c(F)c1.Fc1ccc(-c2n[nH]c3ccc(-c4ncn[nH]4)cc23)cc1F.c1cc(-c2ccn[nH]2)cc(-c2n[nH]c3ccc(-c4ncn[nH]4)cc23)c1. The smallest absolute Gasteiger partial charge is 0.181 e. The maximum Gasteiger partial charge on any atom is 0.181 e. The normalized spacial score (nSPS) is 11.2. The van der Waals surface area contributed by atoms with Crippen molar-refractivity contribution >= 4 is 49.4 Å². The maximum atomic E-state index is 14.0. The van der Waals surface area contributed by atoms with Gasteiger partial charge in [-0.15, -0.1) is 0 Å². The summed E-state index contributed by atoms with van der Waals surface area (Å²) in [7, 11) is 1.85. The summed E-state index contributed by atoms with van der Waals surface area (Å²) >= 11 is 0. The molecule has 28 heteroatoms. The second kappa shape index (κ2) is 26.0. The van der Waals surface area contributed by atoms with Crippen LogP contribution in [0.4, 0.5) is 23.4 Å². The van der Waals surface area contributed by atoms with Crippen LogP contribution in [-0.2, 0) is 6.42 Å². The molecular weight excluding hydrogens is 1220 g/mol. The van der Waals surface area contributed by atoms with Gasteiger partial charge in [0.2, 0.25) is 0 Å². The quantitative estimate of drug-likeness (QED) is 0.0508. The Kier molecular flexibility index (Phi) is 16.3. The first-order chi connectivity index (χ1) is 46.5. The number of hydrogen-bond acceptors (Lipinski definition) is 15. The van der Waals surface area contributed by atoms with Gasteiger partial charge in [-0.1, -0.05) is 32.0 Å². The molecule has 0 saturated carbocycles. The molecule has 0 radical (unpaired) electrons. The van der Waals surface area contributed by atoms with Gasteiger partial charge in [0.1, 0.15) is 59.3 Å². The molecule has 7 aromatic carbocycles. The average Bonchev–Trinajstić information content (AvgIpc) is 1.70. The minimum Gasteiger partial charge on any atom is -0.373 e. The van der Waals surface area contributed by atoms with Crippen LogP contribution in [0.5, 0.6) is 0 Å². The third-order valence-corrected chi connectivity index (χ3v) is 15.3. The molecule has 0 atom stereocenters. The lowest BCUT2D eigenvalue weighted by Crippen LogP contribution is -1.95. The number of aromatic nitrogens is 23. The molecule has 0 amide bonds. The van der Waals surface area contributed by atoms with Gasteiger partial charge in [-0.25, -0.2) is 42.5 Å². The number of pyridine rings is 1.